The average molecular weight is 518 g/mol. The van der Waals surface area contributed by atoms with E-state index in [-0.39, 0.29) is 27.9 Å². The molecule has 2 heterocycles. The Balaban J connectivity index is 1.74. The molecule has 0 radical (unpaired) electrons. The summed E-state index contributed by atoms with van der Waals surface area (Å²) in [5.74, 6) is -0.878. The summed E-state index contributed by atoms with van der Waals surface area (Å²) >= 11 is 6.28. The van der Waals surface area contributed by atoms with Crippen LogP contribution in [0.25, 0.3) is 16.8 Å². The molecule has 1 aliphatic heterocycles. The second-order valence-electron chi connectivity index (χ2n) is 8.81. The van der Waals surface area contributed by atoms with E-state index in [9.17, 15) is 14.7 Å². The molecule has 5 rings (SSSR count). The Morgan fingerprint density at radius 3 is 2.49 bits per heavy atom. The summed E-state index contributed by atoms with van der Waals surface area (Å²) in [4.78, 5) is 36.0. The van der Waals surface area contributed by atoms with Crippen LogP contribution >= 0.6 is 11.6 Å². The lowest BCUT2D eigenvalue weighted by Gasteiger charge is -2.23. The Bertz CT molecular complexity index is 1570. The third-order valence-corrected chi connectivity index (χ3v) is 6.89. The molecule has 1 saturated heterocycles. The van der Waals surface area contributed by atoms with Crippen molar-refractivity contribution < 1.29 is 24.2 Å². The van der Waals surface area contributed by atoms with E-state index in [1.165, 1.54) is 25.2 Å². The zero-order valence-electron chi connectivity index (χ0n) is 20.6. The standard InChI is InChI=1S/C28H24ClN3O5/c1-14-10-20-21(11-15(14)2)31-28(30-20)32-24(16-6-5-7-18(12-16)36-3)23(26(34)27(32)35)25(33)17-8-9-22(37-4)19(29)13-17/h5-13,24,33H,1-4H3,(H,30,31)/b25-23+. The van der Waals surface area contributed by atoms with Crippen LogP contribution in [0, 0.1) is 13.8 Å². The summed E-state index contributed by atoms with van der Waals surface area (Å²) in [6.45, 7) is 3.96. The second-order valence-corrected chi connectivity index (χ2v) is 9.22. The first kappa shape index (κ1) is 24.4. The molecule has 4 aromatic rings. The average Bonchev–Trinajstić information content (AvgIpc) is 3.41. The number of nitrogens with zero attached hydrogens (tertiary/aromatic N) is 2. The number of anilines is 1. The van der Waals surface area contributed by atoms with Gasteiger partial charge in [0, 0.05) is 5.56 Å². The second kappa shape index (κ2) is 9.29. The van der Waals surface area contributed by atoms with Gasteiger partial charge >= 0.3 is 5.91 Å². The lowest BCUT2D eigenvalue weighted by atomic mass is 9.95. The molecule has 37 heavy (non-hydrogen) atoms. The number of hydrogen-bond donors (Lipinski definition) is 2. The van der Waals surface area contributed by atoms with Crippen molar-refractivity contribution in [3.63, 3.8) is 0 Å². The maximum atomic E-state index is 13.5. The van der Waals surface area contributed by atoms with Gasteiger partial charge in [-0.05, 0) is 73.0 Å². The number of H-pyrrole nitrogens is 1. The van der Waals surface area contributed by atoms with Crippen molar-refractivity contribution in [1.82, 2.24) is 9.97 Å². The molecule has 1 aromatic heterocycles. The summed E-state index contributed by atoms with van der Waals surface area (Å²) in [5.41, 5.74) is 4.24. The predicted octanol–water partition coefficient (Wildman–Crippen LogP) is 5.48. The van der Waals surface area contributed by atoms with E-state index >= 15 is 0 Å². The van der Waals surface area contributed by atoms with Gasteiger partial charge in [-0.25, -0.2) is 4.98 Å². The van der Waals surface area contributed by atoms with Crippen molar-refractivity contribution in [3.8, 4) is 11.5 Å². The minimum Gasteiger partial charge on any atom is -0.507 e. The first-order valence-corrected chi connectivity index (χ1v) is 11.9. The van der Waals surface area contributed by atoms with E-state index in [2.05, 4.69) is 9.97 Å². The maximum absolute atomic E-state index is 13.5. The van der Waals surface area contributed by atoms with E-state index in [0.29, 0.717) is 22.6 Å². The van der Waals surface area contributed by atoms with Gasteiger partial charge in [0.05, 0.1) is 41.9 Å². The highest BCUT2D eigenvalue weighted by Crippen LogP contribution is 2.43. The molecule has 3 aromatic carbocycles. The van der Waals surface area contributed by atoms with Crippen LogP contribution < -0.4 is 14.4 Å². The molecule has 1 atom stereocenters. The van der Waals surface area contributed by atoms with E-state index < -0.39 is 17.7 Å². The quantitative estimate of drug-likeness (QED) is 0.206. The van der Waals surface area contributed by atoms with Gasteiger partial charge in [0.25, 0.3) is 5.78 Å². The third kappa shape index (κ3) is 4.09. The van der Waals surface area contributed by atoms with E-state index in [4.69, 9.17) is 21.1 Å². The zero-order chi connectivity index (χ0) is 26.4. The number of rotatable bonds is 5. The first-order chi connectivity index (χ1) is 17.7. The number of amides is 1. The summed E-state index contributed by atoms with van der Waals surface area (Å²) in [7, 11) is 3.00. The molecular weight excluding hydrogens is 494 g/mol. The smallest absolute Gasteiger partial charge is 0.302 e. The number of methoxy groups -OCH3 is 2. The van der Waals surface area contributed by atoms with Gasteiger partial charge < -0.3 is 19.6 Å². The summed E-state index contributed by atoms with van der Waals surface area (Å²) < 4.78 is 10.6. The number of carbonyl (C=O) groups excluding carboxylic acids is 2. The summed E-state index contributed by atoms with van der Waals surface area (Å²) in [5, 5.41) is 11.6. The van der Waals surface area contributed by atoms with Crippen molar-refractivity contribution in [2.75, 3.05) is 19.1 Å². The number of aromatic nitrogens is 2. The van der Waals surface area contributed by atoms with Crippen LogP contribution in [0.5, 0.6) is 11.5 Å². The van der Waals surface area contributed by atoms with E-state index in [1.54, 1.807) is 36.4 Å². The highest BCUT2D eigenvalue weighted by atomic mass is 35.5. The van der Waals surface area contributed by atoms with Crippen LogP contribution in [0.2, 0.25) is 5.02 Å². The topological polar surface area (TPSA) is 105 Å². The zero-order valence-corrected chi connectivity index (χ0v) is 21.4. The number of hydrogen-bond acceptors (Lipinski definition) is 6. The van der Waals surface area contributed by atoms with Gasteiger partial charge in [-0.3, -0.25) is 14.5 Å². The van der Waals surface area contributed by atoms with Gasteiger partial charge in [0.15, 0.2) is 0 Å². The molecule has 0 saturated carbocycles. The fourth-order valence-electron chi connectivity index (χ4n) is 4.52. The number of ether oxygens (including phenoxy) is 2. The van der Waals surface area contributed by atoms with Crippen LogP contribution in [0.3, 0.4) is 0 Å². The number of aromatic amines is 1. The number of fused-ring (bicyclic) bond motifs is 1. The third-order valence-electron chi connectivity index (χ3n) is 6.59. The molecule has 0 aliphatic carbocycles. The molecule has 1 amide bonds. The van der Waals surface area contributed by atoms with Crippen molar-refractivity contribution in [1.29, 1.82) is 0 Å². The van der Waals surface area contributed by atoms with Gasteiger partial charge in [-0.2, -0.15) is 0 Å². The monoisotopic (exact) mass is 517 g/mol. The number of Topliss-reactive ketones (excluding diaryl/α,β-unsaturated/α-hetero) is 1. The summed E-state index contributed by atoms with van der Waals surface area (Å²) in [6, 6.07) is 14.5. The fourth-order valence-corrected chi connectivity index (χ4v) is 4.78. The normalized spacial score (nSPS) is 17.0. The van der Waals surface area contributed by atoms with Gasteiger partial charge in [-0.15, -0.1) is 0 Å². The van der Waals surface area contributed by atoms with Crippen molar-refractivity contribution >= 4 is 46.0 Å². The Morgan fingerprint density at radius 2 is 1.78 bits per heavy atom. The SMILES string of the molecule is COc1cccc(C2/C(=C(\O)c3ccc(OC)c(Cl)c3)C(=O)C(=O)N2c2nc3cc(C)c(C)cc3[nH]2)c1. The Kier molecular flexibility index (Phi) is 6.13. The number of nitrogens with one attached hydrogen (secondary N) is 1. The molecule has 9 heteroatoms. The van der Waals surface area contributed by atoms with E-state index in [1.807, 2.05) is 26.0 Å². The minimum atomic E-state index is -0.973. The largest absolute Gasteiger partial charge is 0.507 e. The van der Waals surface area contributed by atoms with Crippen LogP contribution in [-0.2, 0) is 9.59 Å². The lowest BCUT2D eigenvalue weighted by Crippen LogP contribution is -2.30. The van der Waals surface area contributed by atoms with Crippen LogP contribution in [0.4, 0.5) is 5.95 Å². The Morgan fingerprint density at radius 1 is 1.03 bits per heavy atom. The van der Waals surface area contributed by atoms with Crippen molar-refractivity contribution in [3.05, 3.63) is 87.4 Å². The number of aliphatic hydroxyl groups excluding tert-OH is 1. The summed E-state index contributed by atoms with van der Waals surface area (Å²) in [6.07, 6.45) is 0. The molecule has 8 nitrogen and oxygen atoms in total. The van der Waals surface area contributed by atoms with Crippen molar-refractivity contribution in [2.24, 2.45) is 0 Å². The number of aryl methyl sites for hydroxylation is 2. The highest BCUT2D eigenvalue weighted by Gasteiger charge is 2.48. The Hall–Kier alpha value is -4.30. The number of benzene rings is 3. The van der Waals surface area contributed by atoms with E-state index in [0.717, 1.165) is 16.6 Å². The number of carbonyl (C=O) groups is 2. The molecule has 1 fully saturated rings. The van der Waals surface area contributed by atoms with Gasteiger partial charge in [-0.1, -0.05) is 23.7 Å². The fraction of sp³-hybridized carbons (Fsp3) is 0.179. The predicted molar refractivity (Wildman–Crippen MR) is 141 cm³/mol. The van der Waals surface area contributed by atoms with Gasteiger partial charge in [0.2, 0.25) is 5.95 Å². The first-order valence-electron chi connectivity index (χ1n) is 11.5. The van der Waals surface area contributed by atoms with Crippen LogP contribution in [0.15, 0.2) is 60.2 Å². The lowest BCUT2D eigenvalue weighted by molar-refractivity contribution is -0.132. The molecule has 2 N–H and O–H groups in total. The number of ketones is 1. The molecule has 188 valence electrons. The highest BCUT2D eigenvalue weighted by molar-refractivity contribution is 6.51. The van der Waals surface area contributed by atoms with Crippen LogP contribution in [-0.4, -0.2) is 41.0 Å². The Labute approximate surface area is 218 Å². The molecule has 1 unspecified atom stereocenters. The number of aliphatic hydroxyl groups is 1. The maximum Gasteiger partial charge on any atom is 0.302 e. The molecular formula is C28H24ClN3O5. The number of halogens is 1. The molecule has 0 bridgehead atoms. The molecule has 0 spiro atoms. The van der Waals surface area contributed by atoms with Crippen LogP contribution in [0.1, 0.15) is 28.3 Å². The minimum absolute atomic E-state index is 0.0905. The van der Waals surface area contributed by atoms with Gasteiger partial charge in [0.1, 0.15) is 17.3 Å². The number of imidazole rings is 1. The molecule has 1 aliphatic rings. The van der Waals surface area contributed by atoms with Crippen molar-refractivity contribution in [2.45, 2.75) is 19.9 Å².